The molecular weight excluding hydrogens is 270 g/mol. The SMILES string of the molecule is CN(CC(=O)O)C1CCN(C(=O)N(C)C2CCCC2)CC1. The van der Waals surface area contributed by atoms with Crippen LogP contribution < -0.4 is 0 Å². The quantitative estimate of drug-likeness (QED) is 0.853. The number of nitrogens with zero attached hydrogens (tertiary/aromatic N) is 3. The van der Waals surface area contributed by atoms with Crippen molar-refractivity contribution in [3.05, 3.63) is 0 Å². The second-order valence-corrected chi connectivity index (χ2v) is 6.36. The van der Waals surface area contributed by atoms with E-state index in [-0.39, 0.29) is 18.6 Å². The lowest BCUT2D eigenvalue weighted by atomic mass is 10.0. The van der Waals surface area contributed by atoms with Crippen LogP contribution in [0.15, 0.2) is 0 Å². The number of urea groups is 1. The van der Waals surface area contributed by atoms with E-state index in [9.17, 15) is 9.59 Å². The van der Waals surface area contributed by atoms with E-state index in [2.05, 4.69) is 0 Å². The Kier molecular flexibility index (Phi) is 5.45. The number of carbonyl (C=O) groups is 2. The van der Waals surface area contributed by atoms with Crippen LogP contribution >= 0.6 is 0 Å². The summed E-state index contributed by atoms with van der Waals surface area (Å²) < 4.78 is 0. The molecule has 6 nitrogen and oxygen atoms in total. The topological polar surface area (TPSA) is 64.1 Å². The monoisotopic (exact) mass is 297 g/mol. The molecule has 21 heavy (non-hydrogen) atoms. The minimum absolute atomic E-state index is 0.0700. The van der Waals surface area contributed by atoms with Crippen LogP contribution in [0.2, 0.25) is 0 Å². The first-order chi connectivity index (χ1) is 9.99. The molecule has 1 aliphatic heterocycles. The molecule has 0 aromatic heterocycles. The van der Waals surface area contributed by atoms with Crippen molar-refractivity contribution >= 4 is 12.0 Å². The normalized spacial score (nSPS) is 21.0. The maximum Gasteiger partial charge on any atom is 0.319 e. The number of hydrogen-bond donors (Lipinski definition) is 1. The van der Waals surface area contributed by atoms with E-state index >= 15 is 0 Å². The largest absolute Gasteiger partial charge is 0.480 e. The maximum atomic E-state index is 12.5. The molecule has 1 saturated heterocycles. The van der Waals surface area contributed by atoms with Gasteiger partial charge >= 0.3 is 12.0 Å². The third-order valence-corrected chi connectivity index (χ3v) is 4.92. The number of hydrogen-bond acceptors (Lipinski definition) is 3. The zero-order chi connectivity index (χ0) is 15.4. The van der Waals surface area contributed by atoms with Crippen LogP contribution in [0.5, 0.6) is 0 Å². The molecule has 0 spiro atoms. The third kappa shape index (κ3) is 4.09. The van der Waals surface area contributed by atoms with E-state index in [1.807, 2.05) is 28.8 Å². The summed E-state index contributed by atoms with van der Waals surface area (Å²) in [6.45, 7) is 1.52. The molecule has 2 amide bonds. The van der Waals surface area contributed by atoms with Crippen LogP contribution in [-0.4, -0.2) is 77.6 Å². The number of likely N-dealkylation sites (N-methyl/N-ethyl adjacent to an activating group) is 1. The Balaban J connectivity index is 1.80. The van der Waals surface area contributed by atoms with Gasteiger partial charge in [0.15, 0.2) is 0 Å². The minimum atomic E-state index is -0.794. The molecule has 0 aromatic carbocycles. The zero-order valence-corrected chi connectivity index (χ0v) is 13.1. The Labute approximate surface area is 126 Å². The third-order valence-electron chi connectivity index (χ3n) is 4.92. The molecule has 120 valence electrons. The number of carbonyl (C=O) groups excluding carboxylic acids is 1. The van der Waals surface area contributed by atoms with E-state index in [0.29, 0.717) is 6.04 Å². The highest BCUT2D eigenvalue weighted by atomic mass is 16.4. The van der Waals surface area contributed by atoms with E-state index in [1.54, 1.807) is 0 Å². The van der Waals surface area contributed by atoms with Crippen molar-refractivity contribution in [2.75, 3.05) is 33.7 Å². The molecule has 2 fully saturated rings. The van der Waals surface area contributed by atoms with Gasteiger partial charge in [-0.1, -0.05) is 12.8 Å². The predicted molar refractivity (Wildman–Crippen MR) is 80.3 cm³/mol. The molecule has 0 atom stereocenters. The maximum absolute atomic E-state index is 12.5. The summed E-state index contributed by atoms with van der Waals surface area (Å²) in [5, 5.41) is 8.84. The lowest BCUT2D eigenvalue weighted by Crippen LogP contribution is -2.51. The lowest BCUT2D eigenvalue weighted by Gasteiger charge is -2.38. The molecule has 1 aliphatic carbocycles. The molecule has 0 radical (unpaired) electrons. The second kappa shape index (κ2) is 7.11. The highest BCUT2D eigenvalue weighted by Crippen LogP contribution is 2.24. The summed E-state index contributed by atoms with van der Waals surface area (Å²) in [7, 11) is 3.77. The van der Waals surface area contributed by atoms with Crippen LogP contribution in [0.3, 0.4) is 0 Å². The fourth-order valence-corrected chi connectivity index (χ4v) is 3.51. The summed E-state index contributed by atoms with van der Waals surface area (Å²) in [6.07, 6.45) is 6.41. The molecule has 0 aromatic rings. The fraction of sp³-hybridized carbons (Fsp3) is 0.867. The van der Waals surface area contributed by atoms with Gasteiger partial charge in [-0.25, -0.2) is 4.79 Å². The first-order valence-corrected chi connectivity index (χ1v) is 7.93. The molecule has 0 bridgehead atoms. The van der Waals surface area contributed by atoms with Crippen LogP contribution in [0.25, 0.3) is 0 Å². The number of aliphatic carboxylic acids is 1. The molecule has 0 unspecified atom stereocenters. The Bertz CT molecular complexity index is 374. The van der Waals surface area contributed by atoms with Crippen molar-refractivity contribution in [2.45, 2.75) is 50.6 Å². The smallest absolute Gasteiger partial charge is 0.319 e. The van der Waals surface area contributed by atoms with Crippen LogP contribution in [-0.2, 0) is 4.79 Å². The molecule has 2 aliphatic rings. The van der Waals surface area contributed by atoms with Crippen molar-refractivity contribution in [2.24, 2.45) is 0 Å². The summed E-state index contributed by atoms with van der Waals surface area (Å²) in [4.78, 5) is 28.9. The molecular formula is C15H27N3O3. The van der Waals surface area contributed by atoms with E-state index in [4.69, 9.17) is 5.11 Å². The van der Waals surface area contributed by atoms with Crippen molar-refractivity contribution in [1.29, 1.82) is 0 Å². The highest BCUT2D eigenvalue weighted by Gasteiger charge is 2.30. The fourth-order valence-electron chi connectivity index (χ4n) is 3.51. The van der Waals surface area contributed by atoms with E-state index < -0.39 is 5.97 Å². The Morgan fingerprint density at radius 1 is 1.05 bits per heavy atom. The molecule has 6 heteroatoms. The average molecular weight is 297 g/mol. The highest BCUT2D eigenvalue weighted by molar-refractivity contribution is 5.74. The summed E-state index contributed by atoms with van der Waals surface area (Å²) in [5.41, 5.74) is 0. The first kappa shape index (κ1) is 16.1. The summed E-state index contributed by atoms with van der Waals surface area (Å²) in [6, 6.07) is 0.813. The Morgan fingerprint density at radius 3 is 2.14 bits per heavy atom. The van der Waals surface area contributed by atoms with Gasteiger partial charge in [-0.2, -0.15) is 0 Å². The van der Waals surface area contributed by atoms with Gasteiger partial charge in [0.1, 0.15) is 0 Å². The Hall–Kier alpha value is -1.30. The van der Waals surface area contributed by atoms with Crippen LogP contribution in [0.4, 0.5) is 4.79 Å². The molecule has 1 saturated carbocycles. The second-order valence-electron chi connectivity index (χ2n) is 6.36. The van der Waals surface area contributed by atoms with Gasteiger partial charge in [0.25, 0.3) is 0 Å². The standard InChI is InChI=1S/C15H27N3O3/c1-16(11-14(19)20)12-7-9-18(10-8-12)15(21)17(2)13-5-3-4-6-13/h12-13H,3-11H2,1-2H3,(H,19,20). The van der Waals surface area contributed by atoms with Crippen molar-refractivity contribution < 1.29 is 14.7 Å². The Morgan fingerprint density at radius 2 is 1.62 bits per heavy atom. The summed E-state index contributed by atoms with van der Waals surface area (Å²) >= 11 is 0. The van der Waals surface area contributed by atoms with Crippen molar-refractivity contribution in [3.63, 3.8) is 0 Å². The molecule has 2 rings (SSSR count). The van der Waals surface area contributed by atoms with Gasteiger partial charge < -0.3 is 14.9 Å². The lowest BCUT2D eigenvalue weighted by molar-refractivity contribution is -0.138. The zero-order valence-electron chi connectivity index (χ0n) is 13.1. The van der Waals surface area contributed by atoms with Gasteiger partial charge in [-0.05, 0) is 32.7 Å². The van der Waals surface area contributed by atoms with Gasteiger partial charge in [0.05, 0.1) is 6.54 Å². The van der Waals surface area contributed by atoms with Gasteiger partial charge in [0.2, 0.25) is 0 Å². The van der Waals surface area contributed by atoms with Gasteiger partial charge in [0, 0.05) is 32.2 Å². The first-order valence-electron chi connectivity index (χ1n) is 7.93. The average Bonchev–Trinajstić information content (AvgIpc) is 2.99. The van der Waals surface area contributed by atoms with Gasteiger partial charge in [-0.15, -0.1) is 0 Å². The number of carboxylic acid groups (broad SMARTS) is 1. The van der Waals surface area contributed by atoms with E-state index in [0.717, 1.165) is 38.8 Å². The van der Waals surface area contributed by atoms with E-state index in [1.165, 1.54) is 12.8 Å². The van der Waals surface area contributed by atoms with Crippen LogP contribution in [0, 0.1) is 0 Å². The number of carboxylic acids is 1. The van der Waals surface area contributed by atoms with Crippen LogP contribution in [0.1, 0.15) is 38.5 Å². The predicted octanol–water partition coefficient (Wildman–Crippen LogP) is 1.46. The number of rotatable bonds is 4. The molecule has 1 heterocycles. The summed E-state index contributed by atoms with van der Waals surface area (Å²) in [5.74, 6) is -0.794. The number of amides is 2. The number of likely N-dealkylation sites (tertiary alicyclic amines) is 1. The molecule has 1 N–H and O–H groups in total. The number of piperidine rings is 1. The van der Waals surface area contributed by atoms with Crippen molar-refractivity contribution in [3.8, 4) is 0 Å². The minimum Gasteiger partial charge on any atom is -0.480 e. The van der Waals surface area contributed by atoms with Gasteiger partial charge in [-0.3, -0.25) is 9.69 Å². The van der Waals surface area contributed by atoms with Crippen molar-refractivity contribution in [1.82, 2.24) is 14.7 Å².